The highest BCUT2D eigenvalue weighted by molar-refractivity contribution is 5.03. The first-order valence-corrected chi connectivity index (χ1v) is 4.17. The Morgan fingerprint density at radius 1 is 1.30 bits per heavy atom. The standard InChI is InChI=1S/C8H16N2/c1-5-3-8-6(9)4-7(5)10(8)2/h5-8H,3-4,9H2,1-2H3/t5?,6-,7-,8-/m1/s1. The third-order valence-electron chi connectivity index (χ3n) is 3.32. The molecular formula is C8H16N2. The summed E-state index contributed by atoms with van der Waals surface area (Å²) in [5, 5.41) is 0. The predicted octanol–water partition coefficient (Wildman–Crippen LogP) is 0.426. The SMILES string of the molecule is CC1C[C@@H]2[C@H](N)C[C@H]1N2C. The highest BCUT2D eigenvalue weighted by atomic mass is 15.2. The first-order chi connectivity index (χ1) is 4.70. The third-order valence-corrected chi connectivity index (χ3v) is 3.32. The Labute approximate surface area is 62.4 Å². The van der Waals surface area contributed by atoms with Gasteiger partial charge in [-0.15, -0.1) is 0 Å². The number of likely N-dealkylation sites (N-methyl/N-ethyl adjacent to an activating group) is 1. The maximum Gasteiger partial charge on any atom is 0.0250 e. The summed E-state index contributed by atoms with van der Waals surface area (Å²) in [5.74, 6) is 0.884. The van der Waals surface area contributed by atoms with E-state index in [4.69, 9.17) is 5.73 Å². The Hall–Kier alpha value is -0.0800. The average Bonchev–Trinajstić information content (AvgIpc) is 2.26. The summed E-state index contributed by atoms with van der Waals surface area (Å²) in [6, 6.07) is 1.95. The smallest absolute Gasteiger partial charge is 0.0250 e. The fraction of sp³-hybridized carbons (Fsp3) is 1.00. The highest BCUT2D eigenvalue weighted by Gasteiger charge is 2.46. The molecule has 4 atom stereocenters. The van der Waals surface area contributed by atoms with Crippen LogP contribution in [0, 0.1) is 5.92 Å². The minimum atomic E-state index is 0.464. The monoisotopic (exact) mass is 140 g/mol. The number of hydrogen-bond donors (Lipinski definition) is 1. The molecule has 0 aromatic heterocycles. The van der Waals surface area contributed by atoms with E-state index in [1.54, 1.807) is 0 Å². The number of hydrogen-bond acceptors (Lipinski definition) is 2. The van der Waals surface area contributed by atoms with Crippen molar-refractivity contribution in [1.29, 1.82) is 0 Å². The summed E-state index contributed by atoms with van der Waals surface area (Å²) < 4.78 is 0. The van der Waals surface area contributed by atoms with Gasteiger partial charge in [-0.2, -0.15) is 0 Å². The van der Waals surface area contributed by atoms with E-state index in [1.165, 1.54) is 12.8 Å². The van der Waals surface area contributed by atoms with Gasteiger partial charge in [0.1, 0.15) is 0 Å². The van der Waals surface area contributed by atoms with Gasteiger partial charge < -0.3 is 5.73 Å². The van der Waals surface area contributed by atoms with Crippen LogP contribution in [-0.2, 0) is 0 Å². The molecule has 0 radical (unpaired) electrons. The van der Waals surface area contributed by atoms with Gasteiger partial charge >= 0.3 is 0 Å². The maximum atomic E-state index is 5.93. The van der Waals surface area contributed by atoms with Crippen LogP contribution in [0.1, 0.15) is 19.8 Å². The van der Waals surface area contributed by atoms with Crippen molar-refractivity contribution >= 4 is 0 Å². The van der Waals surface area contributed by atoms with Crippen LogP contribution in [0.2, 0.25) is 0 Å². The second-order valence-electron chi connectivity index (χ2n) is 3.91. The van der Waals surface area contributed by atoms with Gasteiger partial charge in [0.05, 0.1) is 0 Å². The molecule has 2 N–H and O–H groups in total. The molecule has 2 nitrogen and oxygen atoms in total. The van der Waals surface area contributed by atoms with Crippen LogP contribution in [0.3, 0.4) is 0 Å². The molecule has 2 fully saturated rings. The van der Waals surface area contributed by atoms with Crippen molar-refractivity contribution in [3.8, 4) is 0 Å². The summed E-state index contributed by atoms with van der Waals surface area (Å²) in [5.41, 5.74) is 5.93. The largest absolute Gasteiger partial charge is 0.326 e. The molecule has 2 rings (SSSR count). The zero-order valence-electron chi connectivity index (χ0n) is 6.75. The van der Waals surface area contributed by atoms with E-state index in [0.717, 1.165) is 12.0 Å². The van der Waals surface area contributed by atoms with Gasteiger partial charge in [0.25, 0.3) is 0 Å². The normalized spacial score (nSPS) is 54.3. The molecule has 58 valence electrons. The van der Waals surface area contributed by atoms with Crippen molar-refractivity contribution in [2.24, 2.45) is 11.7 Å². The molecule has 0 aromatic rings. The molecule has 0 aliphatic carbocycles. The van der Waals surface area contributed by atoms with Crippen molar-refractivity contribution in [2.75, 3.05) is 7.05 Å². The second-order valence-corrected chi connectivity index (χ2v) is 3.91. The summed E-state index contributed by atoms with van der Waals surface area (Å²) in [7, 11) is 2.21. The number of nitrogens with two attached hydrogens (primary N) is 1. The van der Waals surface area contributed by atoms with Gasteiger partial charge in [0, 0.05) is 18.1 Å². The molecule has 2 saturated heterocycles. The molecule has 0 saturated carbocycles. The van der Waals surface area contributed by atoms with E-state index in [-0.39, 0.29) is 0 Å². The fourth-order valence-electron chi connectivity index (χ4n) is 2.66. The van der Waals surface area contributed by atoms with Crippen LogP contribution in [0.25, 0.3) is 0 Å². The number of fused-ring (bicyclic) bond motifs is 2. The summed E-state index contributed by atoms with van der Waals surface area (Å²) in [4.78, 5) is 2.47. The van der Waals surface area contributed by atoms with Crippen LogP contribution in [0.4, 0.5) is 0 Å². The van der Waals surface area contributed by atoms with Crippen molar-refractivity contribution in [3.05, 3.63) is 0 Å². The zero-order valence-corrected chi connectivity index (χ0v) is 6.75. The van der Waals surface area contributed by atoms with Gasteiger partial charge in [0.2, 0.25) is 0 Å². The summed E-state index contributed by atoms with van der Waals surface area (Å²) >= 11 is 0. The van der Waals surface area contributed by atoms with Crippen LogP contribution in [-0.4, -0.2) is 30.1 Å². The molecule has 2 bridgehead atoms. The van der Waals surface area contributed by atoms with Crippen molar-refractivity contribution in [2.45, 2.75) is 37.9 Å². The van der Waals surface area contributed by atoms with Crippen molar-refractivity contribution in [1.82, 2.24) is 4.90 Å². The maximum absolute atomic E-state index is 5.93. The fourth-order valence-corrected chi connectivity index (χ4v) is 2.66. The van der Waals surface area contributed by atoms with E-state index in [2.05, 4.69) is 18.9 Å². The Kier molecular flexibility index (Phi) is 1.29. The Bertz CT molecular complexity index is 130. The molecule has 2 heterocycles. The Morgan fingerprint density at radius 2 is 2.00 bits per heavy atom. The van der Waals surface area contributed by atoms with Gasteiger partial charge in [-0.25, -0.2) is 0 Å². The lowest BCUT2D eigenvalue weighted by Gasteiger charge is -2.19. The van der Waals surface area contributed by atoms with E-state index >= 15 is 0 Å². The van der Waals surface area contributed by atoms with Gasteiger partial charge in [-0.05, 0) is 25.8 Å². The molecule has 2 heteroatoms. The van der Waals surface area contributed by atoms with E-state index in [1.807, 2.05) is 0 Å². The Balaban J connectivity index is 2.17. The zero-order chi connectivity index (χ0) is 7.30. The molecular weight excluding hydrogens is 124 g/mol. The topological polar surface area (TPSA) is 29.3 Å². The minimum absolute atomic E-state index is 0.464. The van der Waals surface area contributed by atoms with Crippen LogP contribution in [0.5, 0.6) is 0 Å². The van der Waals surface area contributed by atoms with Crippen molar-refractivity contribution < 1.29 is 0 Å². The first-order valence-electron chi connectivity index (χ1n) is 4.17. The highest BCUT2D eigenvalue weighted by Crippen LogP contribution is 2.39. The van der Waals surface area contributed by atoms with E-state index in [9.17, 15) is 0 Å². The molecule has 0 amide bonds. The lowest BCUT2D eigenvalue weighted by atomic mass is 9.88. The summed E-state index contributed by atoms with van der Waals surface area (Å²) in [6.45, 7) is 2.34. The molecule has 2 aliphatic heterocycles. The van der Waals surface area contributed by atoms with E-state index in [0.29, 0.717) is 12.1 Å². The molecule has 1 unspecified atom stereocenters. The summed E-state index contributed by atoms with van der Waals surface area (Å²) in [6.07, 6.45) is 2.55. The van der Waals surface area contributed by atoms with Gasteiger partial charge in [-0.3, -0.25) is 4.90 Å². The Morgan fingerprint density at radius 3 is 2.30 bits per heavy atom. The lowest BCUT2D eigenvalue weighted by molar-refractivity contribution is 0.294. The van der Waals surface area contributed by atoms with Gasteiger partial charge in [-0.1, -0.05) is 6.92 Å². The van der Waals surface area contributed by atoms with Crippen LogP contribution >= 0.6 is 0 Å². The number of rotatable bonds is 0. The van der Waals surface area contributed by atoms with Crippen LogP contribution in [0.15, 0.2) is 0 Å². The lowest BCUT2D eigenvalue weighted by Crippen LogP contribution is -2.35. The predicted molar refractivity (Wildman–Crippen MR) is 41.7 cm³/mol. The van der Waals surface area contributed by atoms with Crippen molar-refractivity contribution in [3.63, 3.8) is 0 Å². The minimum Gasteiger partial charge on any atom is -0.326 e. The van der Waals surface area contributed by atoms with Crippen LogP contribution < -0.4 is 5.73 Å². The second kappa shape index (κ2) is 1.95. The first kappa shape index (κ1) is 6.62. The third kappa shape index (κ3) is 0.663. The molecule has 2 aliphatic rings. The quantitative estimate of drug-likeness (QED) is 0.528. The number of nitrogens with zero attached hydrogens (tertiary/aromatic N) is 1. The molecule has 10 heavy (non-hydrogen) atoms. The average molecular weight is 140 g/mol. The molecule has 0 aromatic carbocycles. The van der Waals surface area contributed by atoms with Gasteiger partial charge in [0.15, 0.2) is 0 Å². The van der Waals surface area contributed by atoms with E-state index < -0.39 is 0 Å². The molecule has 0 spiro atoms.